The molecule has 1 N–H and O–H groups in total. The molecule has 0 aliphatic heterocycles. The summed E-state index contributed by atoms with van der Waals surface area (Å²) >= 11 is 0. The van der Waals surface area contributed by atoms with Crippen molar-refractivity contribution in [2.75, 3.05) is 13.2 Å². The molecule has 0 heterocycles. The summed E-state index contributed by atoms with van der Waals surface area (Å²) in [6, 6.07) is -0.281. The predicted molar refractivity (Wildman–Crippen MR) is 120 cm³/mol. The molecule has 0 aliphatic carbocycles. The number of aliphatic hydroxyl groups is 1. The molecule has 184 valence electrons. The maximum atomic E-state index is 14.0. The first-order chi connectivity index (χ1) is 15.0. The van der Waals surface area contributed by atoms with E-state index in [2.05, 4.69) is 25.8 Å². The highest BCUT2D eigenvalue weighted by atomic mass is 28.4. The van der Waals surface area contributed by atoms with Crippen LogP contribution in [0.15, 0.2) is 16.6 Å². The Morgan fingerprint density at radius 3 is 2.36 bits per heavy atom. The molecule has 0 aliphatic rings. The highest BCUT2D eigenvalue weighted by Gasteiger charge is 2.37. The van der Waals surface area contributed by atoms with E-state index in [1.165, 1.54) is 6.92 Å². The van der Waals surface area contributed by atoms with Gasteiger partial charge in [-0.1, -0.05) is 20.8 Å². The van der Waals surface area contributed by atoms with Gasteiger partial charge in [-0.15, -0.1) is 0 Å². The molecule has 1 unspecified atom stereocenters. The largest absolute Gasteiger partial charge is 0.506 e. The van der Waals surface area contributed by atoms with Crippen molar-refractivity contribution in [1.29, 1.82) is 0 Å². The maximum Gasteiger partial charge on any atom is 0.343 e. The number of esters is 1. The molecular formula is C21H29F3N2O6Si. The fourth-order valence-corrected chi connectivity index (χ4v) is 3.39. The zero-order valence-electron chi connectivity index (χ0n) is 19.7. The van der Waals surface area contributed by atoms with Gasteiger partial charge in [0.25, 0.3) is 0 Å². The molecule has 0 radical (unpaired) electrons. The highest BCUT2D eigenvalue weighted by molar-refractivity contribution is 6.74. The Bertz CT molecular complexity index is 974. The molecule has 0 saturated heterocycles. The number of aliphatic hydroxyl groups excluding tert-OH is 1. The van der Waals surface area contributed by atoms with E-state index < -0.39 is 65.3 Å². The van der Waals surface area contributed by atoms with Crippen LogP contribution in [0.3, 0.4) is 0 Å². The van der Waals surface area contributed by atoms with E-state index in [0.717, 1.165) is 6.21 Å². The lowest BCUT2D eigenvalue weighted by molar-refractivity contribution is -0.388. The van der Waals surface area contributed by atoms with Crippen molar-refractivity contribution in [3.05, 3.63) is 44.8 Å². The van der Waals surface area contributed by atoms with Crippen molar-refractivity contribution in [1.82, 2.24) is 0 Å². The van der Waals surface area contributed by atoms with Crippen molar-refractivity contribution in [2.45, 2.75) is 58.8 Å². The Morgan fingerprint density at radius 2 is 1.88 bits per heavy atom. The molecule has 33 heavy (non-hydrogen) atoms. The zero-order valence-corrected chi connectivity index (χ0v) is 20.7. The van der Waals surface area contributed by atoms with Crippen LogP contribution in [0, 0.1) is 27.6 Å². The monoisotopic (exact) mass is 490 g/mol. The molecule has 0 fully saturated rings. The second-order valence-corrected chi connectivity index (χ2v) is 13.6. The number of rotatable bonds is 9. The van der Waals surface area contributed by atoms with E-state index in [4.69, 9.17) is 9.16 Å². The number of hydrogen-bond donors (Lipinski definition) is 1. The van der Waals surface area contributed by atoms with Gasteiger partial charge < -0.3 is 14.3 Å². The van der Waals surface area contributed by atoms with Gasteiger partial charge in [-0.2, -0.15) is 4.39 Å². The lowest BCUT2D eigenvalue weighted by Crippen LogP contribution is -2.42. The van der Waals surface area contributed by atoms with Crippen LogP contribution in [0.5, 0.6) is 0 Å². The van der Waals surface area contributed by atoms with Gasteiger partial charge in [0.05, 0.1) is 24.2 Å². The average Bonchev–Trinajstić information content (AvgIpc) is 2.69. The lowest BCUT2D eigenvalue weighted by atomic mass is 10.1. The number of halogens is 3. The first kappa shape index (κ1) is 28.3. The Hall–Kier alpha value is -2.73. The van der Waals surface area contributed by atoms with Gasteiger partial charge in [0.15, 0.2) is 14.1 Å². The van der Waals surface area contributed by atoms with Crippen LogP contribution in [0.25, 0.3) is 5.76 Å². The number of nitro benzene ring substituents is 1. The van der Waals surface area contributed by atoms with Gasteiger partial charge in [-0.25, -0.2) is 13.6 Å². The molecule has 0 amide bonds. The second-order valence-electron chi connectivity index (χ2n) is 8.82. The molecule has 8 nitrogen and oxygen atoms in total. The number of carbonyl (C=O) groups is 1. The smallest absolute Gasteiger partial charge is 0.343 e. The fourth-order valence-electron chi connectivity index (χ4n) is 2.30. The van der Waals surface area contributed by atoms with E-state index in [1.54, 1.807) is 6.92 Å². The minimum Gasteiger partial charge on any atom is -0.506 e. The molecule has 1 aromatic carbocycles. The van der Waals surface area contributed by atoms with Crippen molar-refractivity contribution in [3.8, 4) is 0 Å². The summed E-state index contributed by atoms with van der Waals surface area (Å²) in [6.45, 7) is 13.4. The Labute approximate surface area is 191 Å². The Balaban J connectivity index is 3.45. The maximum absolute atomic E-state index is 14.0. The van der Waals surface area contributed by atoms with Gasteiger partial charge in [0.2, 0.25) is 11.6 Å². The van der Waals surface area contributed by atoms with Crippen LogP contribution >= 0.6 is 0 Å². The number of ether oxygens (including phenoxy) is 1. The summed E-state index contributed by atoms with van der Waals surface area (Å²) in [5.74, 6) is -8.30. The third-order valence-corrected chi connectivity index (χ3v) is 9.78. The van der Waals surface area contributed by atoms with Crippen molar-refractivity contribution < 1.29 is 37.2 Å². The first-order valence-corrected chi connectivity index (χ1v) is 13.1. The molecule has 0 bridgehead atoms. The molecule has 0 aromatic heterocycles. The van der Waals surface area contributed by atoms with E-state index in [1.807, 2.05) is 13.1 Å². The summed E-state index contributed by atoms with van der Waals surface area (Å²) in [5.41, 5.74) is -3.25. The fraction of sp³-hybridized carbons (Fsp3) is 0.524. The van der Waals surface area contributed by atoms with Gasteiger partial charge >= 0.3 is 11.7 Å². The summed E-state index contributed by atoms with van der Waals surface area (Å²) in [4.78, 5) is 26.4. The van der Waals surface area contributed by atoms with E-state index in [9.17, 15) is 33.2 Å². The van der Waals surface area contributed by atoms with Gasteiger partial charge in [0.1, 0.15) is 16.9 Å². The molecular weight excluding hydrogens is 461 g/mol. The summed E-state index contributed by atoms with van der Waals surface area (Å²) in [6.07, 6.45) is 0.885. The van der Waals surface area contributed by atoms with E-state index in [0.29, 0.717) is 0 Å². The molecule has 0 spiro atoms. The lowest BCUT2D eigenvalue weighted by Gasteiger charge is -2.36. The minimum absolute atomic E-state index is 0.0552. The first-order valence-electron chi connectivity index (χ1n) is 10.1. The molecule has 0 saturated carbocycles. The van der Waals surface area contributed by atoms with Crippen molar-refractivity contribution in [2.24, 2.45) is 4.99 Å². The summed E-state index contributed by atoms with van der Waals surface area (Å²) < 4.78 is 52.1. The number of benzene rings is 1. The normalized spacial score (nSPS) is 14.2. The molecule has 1 atom stereocenters. The third-order valence-electron chi connectivity index (χ3n) is 5.27. The van der Waals surface area contributed by atoms with Crippen molar-refractivity contribution in [3.63, 3.8) is 0 Å². The van der Waals surface area contributed by atoms with Gasteiger partial charge in [-0.05, 0) is 38.0 Å². The van der Waals surface area contributed by atoms with Crippen LogP contribution in [0.1, 0.15) is 40.2 Å². The number of aliphatic imine (C=N–C) groups is 1. The van der Waals surface area contributed by atoms with Crippen LogP contribution < -0.4 is 0 Å². The van der Waals surface area contributed by atoms with E-state index in [-0.39, 0.29) is 24.3 Å². The second kappa shape index (κ2) is 10.9. The van der Waals surface area contributed by atoms with Gasteiger partial charge in [0, 0.05) is 6.21 Å². The molecule has 12 heteroatoms. The summed E-state index contributed by atoms with van der Waals surface area (Å²) in [5, 5.41) is 21.7. The number of nitrogens with zero attached hydrogens (tertiary/aromatic N) is 2. The zero-order chi connectivity index (χ0) is 25.7. The highest BCUT2D eigenvalue weighted by Crippen LogP contribution is 2.36. The topological polar surface area (TPSA) is 111 Å². The van der Waals surface area contributed by atoms with Crippen LogP contribution in [0.4, 0.5) is 18.9 Å². The van der Waals surface area contributed by atoms with Gasteiger partial charge in [-0.3, -0.25) is 15.1 Å². The van der Waals surface area contributed by atoms with Crippen molar-refractivity contribution >= 4 is 31.9 Å². The predicted octanol–water partition coefficient (Wildman–Crippen LogP) is 5.33. The number of hydrogen-bond acceptors (Lipinski definition) is 7. The van der Waals surface area contributed by atoms with Crippen LogP contribution in [-0.2, 0) is 14.0 Å². The quantitative estimate of drug-likeness (QED) is 0.0732. The number of carbonyl (C=O) groups excluding carboxylic acids is 1. The van der Waals surface area contributed by atoms with Crippen LogP contribution in [-0.4, -0.2) is 49.8 Å². The standard InChI is InChI=1S/C21H29F3N2O6Si/c1-8-31-20(28)14(10-25-12(2)11-32-33(6,7)21(3,4)5)19(27)13-9-15(22)16(23)17(24)18(13)26(29)30/h9-10,12,27H,8,11H2,1-7H3/b19-14+,25-10?. The minimum atomic E-state index is -2.11. The Morgan fingerprint density at radius 1 is 1.30 bits per heavy atom. The van der Waals surface area contributed by atoms with Crippen LogP contribution in [0.2, 0.25) is 18.1 Å². The molecule has 1 rings (SSSR count). The van der Waals surface area contributed by atoms with E-state index >= 15 is 0 Å². The number of nitro groups is 1. The molecule has 1 aromatic rings. The SMILES string of the molecule is CCOC(=O)/C(C=NC(C)CO[Si](C)(C)C(C)(C)C)=C(/O)c1cc(F)c(F)c(F)c1[N+](=O)[O-]. The third kappa shape index (κ3) is 6.87. The average molecular weight is 491 g/mol. The Kier molecular flexibility index (Phi) is 9.37. The summed E-state index contributed by atoms with van der Waals surface area (Å²) in [7, 11) is -2.09.